The molecule has 22 heavy (non-hydrogen) atoms. The van der Waals surface area contributed by atoms with Gasteiger partial charge in [0.15, 0.2) is 11.5 Å². The number of aromatic nitrogens is 2. The summed E-state index contributed by atoms with van der Waals surface area (Å²) in [5, 5.41) is 6.65. The van der Waals surface area contributed by atoms with E-state index in [9.17, 15) is 4.79 Å². The van der Waals surface area contributed by atoms with E-state index in [1.54, 1.807) is 24.5 Å². The van der Waals surface area contributed by atoms with Crippen molar-refractivity contribution in [3.05, 3.63) is 65.6 Å². The number of anilines is 1. The van der Waals surface area contributed by atoms with E-state index < -0.39 is 0 Å². The third-order valence-corrected chi connectivity index (χ3v) is 3.17. The van der Waals surface area contributed by atoms with Gasteiger partial charge >= 0.3 is 0 Å². The number of rotatable bonds is 3. The van der Waals surface area contributed by atoms with Crippen LogP contribution in [0.25, 0.3) is 11.3 Å². The van der Waals surface area contributed by atoms with Crippen molar-refractivity contribution in [3.63, 3.8) is 0 Å². The zero-order valence-electron chi connectivity index (χ0n) is 12.3. The van der Waals surface area contributed by atoms with E-state index in [2.05, 4.69) is 15.5 Å². The van der Waals surface area contributed by atoms with E-state index in [1.807, 2.05) is 38.1 Å². The second-order valence-electron chi connectivity index (χ2n) is 5.15. The molecular weight excluding hydrogens is 278 g/mol. The number of nitrogens with one attached hydrogen (secondary N) is 1. The van der Waals surface area contributed by atoms with Gasteiger partial charge in [-0.3, -0.25) is 9.78 Å². The van der Waals surface area contributed by atoms with Crippen molar-refractivity contribution in [2.24, 2.45) is 0 Å². The highest BCUT2D eigenvalue weighted by Gasteiger charge is 2.14. The molecule has 0 aliphatic carbocycles. The van der Waals surface area contributed by atoms with Crippen LogP contribution in [0.5, 0.6) is 0 Å². The Morgan fingerprint density at radius 3 is 2.59 bits per heavy atom. The topological polar surface area (TPSA) is 68.0 Å². The Morgan fingerprint density at radius 2 is 1.91 bits per heavy atom. The Hall–Kier alpha value is -2.95. The van der Waals surface area contributed by atoms with E-state index in [1.165, 1.54) is 0 Å². The minimum atomic E-state index is -0.302. The second-order valence-corrected chi connectivity index (χ2v) is 5.15. The van der Waals surface area contributed by atoms with Crippen molar-refractivity contribution in [2.45, 2.75) is 13.8 Å². The van der Waals surface area contributed by atoms with E-state index >= 15 is 0 Å². The normalized spacial score (nSPS) is 10.5. The van der Waals surface area contributed by atoms with Crippen LogP contribution in [-0.2, 0) is 0 Å². The molecule has 1 aromatic carbocycles. The minimum absolute atomic E-state index is 0.234. The highest BCUT2D eigenvalue weighted by Crippen LogP contribution is 2.20. The Kier molecular flexibility index (Phi) is 3.70. The lowest BCUT2D eigenvalue weighted by atomic mass is 10.1. The van der Waals surface area contributed by atoms with Crippen LogP contribution < -0.4 is 5.32 Å². The Labute approximate surface area is 128 Å². The highest BCUT2D eigenvalue weighted by atomic mass is 16.5. The maximum absolute atomic E-state index is 12.2. The molecular formula is C17H15N3O2. The summed E-state index contributed by atoms with van der Waals surface area (Å²) in [6.45, 7) is 3.97. The first-order valence-electron chi connectivity index (χ1n) is 6.88. The van der Waals surface area contributed by atoms with Gasteiger partial charge in [0.1, 0.15) is 0 Å². The lowest BCUT2D eigenvalue weighted by Crippen LogP contribution is -2.12. The van der Waals surface area contributed by atoms with Crippen molar-refractivity contribution < 1.29 is 9.32 Å². The number of amides is 1. The van der Waals surface area contributed by atoms with Crippen LogP contribution in [0.4, 0.5) is 5.69 Å². The maximum atomic E-state index is 12.2. The van der Waals surface area contributed by atoms with Crippen LogP contribution in [0.3, 0.4) is 0 Å². The first-order valence-corrected chi connectivity index (χ1v) is 6.88. The molecule has 2 aromatic heterocycles. The fourth-order valence-corrected chi connectivity index (χ4v) is 2.27. The Balaban J connectivity index is 1.80. The van der Waals surface area contributed by atoms with Gasteiger partial charge in [-0.1, -0.05) is 11.2 Å². The average Bonchev–Trinajstić information content (AvgIpc) is 2.97. The van der Waals surface area contributed by atoms with Crippen LogP contribution in [-0.4, -0.2) is 16.0 Å². The van der Waals surface area contributed by atoms with Crippen molar-refractivity contribution in [1.29, 1.82) is 0 Å². The quantitative estimate of drug-likeness (QED) is 0.801. The summed E-state index contributed by atoms with van der Waals surface area (Å²) in [5.41, 5.74) is 3.94. The SMILES string of the molecule is Cc1cc(C)cc(NC(=O)c2cc(-c3cccnc3)on2)c1. The summed E-state index contributed by atoms with van der Waals surface area (Å²) in [6, 6.07) is 11.1. The minimum Gasteiger partial charge on any atom is -0.355 e. The number of hydrogen-bond acceptors (Lipinski definition) is 4. The molecule has 5 heteroatoms. The average molecular weight is 293 g/mol. The molecule has 0 bridgehead atoms. The number of carbonyl (C=O) groups is 1. The van der Waals surface area contributed by atoms with Gasteiger partial charge in [0.25, 0.3) is 5.91 Å². The van der Waals surface area contributed by atoms with Crippen LogP contribution in [0, 0.1) is 13.8 Å². The van der Waals surface area contributed by atoms with Gasteiger partial charge < -0.3 is 9.84 Å². The standard InChI is InChI=1S/C17H15N3O2/c1-11-6-12(2)8-14(7-11)19-17(21)15-9-16(22-20-15)13-4-3-5-18-10-13/h3-10H,1-2H3,(H,19,21). The van der Waals surface area contributed by atoms with Crippen LogP contribution in [0.1, 0.15) is 21.6 Å². The van der Waals surface area contributed by atoms with Crippen LogP contribution in [0.2, 0.25) is 0 Å². The van der Waals surface area contributed by atoms with Gasteiger partial charge in [0.2, 0.25) is 0 Å². The number of benzene rings is 1. The summed E-state index contributed by atoms with van der Waals surface area (Å²) >= 11 is 0. The van der Waals surface area contributed by atoms with Gasteiger partial charge in [-0.15, -0.1) is 0 Å². The third-order valence-electron chi connectivity index (χ3n) is 3.17. The van der Waals surface area contributed by atoms with Gasteiger partial charge in [0, 0.05) is 29.7 Å². The third kappa shape index (κ3) is 3.03. The predicted molar refractivity (Wildman–Crippen MR) is 83.6 cm³/mol. The first-order chi connectivity index (χ1) is 10.6. The molecule has 0 unspecified atom stereocenters. The molecule has 0 saturated carbocycles. The van der Waals surface area contributed by atoms with Gasteiger partial charge in [-0.2, -0.15) is 0 Å². The van der Waals surface area contributed by atoms with Gasteiger partial charge in [-0.05, 0) is 49.2 Å². The fraction of sp³-hybridized carbons (Fsp3) is 0.118. The maximum Gasteiger partial charge on any atom is 0.277 e. The zero-order chi connectivity index (χ0) is 15.5. The molecule has 110 valence electrons. The Morgan fingerprint density at radius 1 is 1.14 bits per heavy atom. The number of pyridine rings is 1. The molecule has 3 aromatic rings. The van der Waals surface area contributed by atoms with Crippen molar-refractivity contribution in [2.75, 3.05) is 5.32 Å². The second kappa shape index (κ2) is 5.81. The first kappa shape index (κ1) is 14.0. The summed E-state index contributed by atoms with van der Waals surface area (Å²) in [4.78, 5) is 16.2. The smallest absolute Gasteiger partial charge is 0.277 e. The molecule has 5 nitrogen and oxygen atoms in total. The fourth-order valence-electron chi connectivity index (χ4n) is 2.27. The van der Waals surface area contributed by atoms with E-state index in [-0.39, 0.29) is 11.6 Å². The lowest BCUT2D eigenvalue weighted by molar-refractivity contribution is 0.101. The van der Waals surface area contributed by atoms with Crippen molar-refractivity contribution in [1.82, 2.24) is 10.1 Å². The molecule has 0 radical (unpaired) electrons. The summed E-state index contributed by atoms with van der Waals surface area (Å²) in [6.07, 6.45) is 3.33. The summed E-state index contributed by atoms with van der Waals surface area (Å²) < 4.78 is 5.21. The molecule has 0 saturated heterocycles. The van der Waals surface area contributed by atoms with Crippen molar-refractivity contribution in [3.8, 4) is 11.3 Å². The van der Waals surface area contributed by atoms with Crippen LogP contribution >= 0.6 is 0 Å². The zero-order valence-corrected chi connectivity index (χ0v) is 12.3. The Bertz CT molecular complexity index is 790. The van der Waals surface area contributed by atoms with E-state index in [0.717, 1.165) is 22.4 Å². The highest BCUT2D eigenvalue weighted by molar-refractivity contribution is 6.03. The monoisotopic (exact) mass is 293 g/mol. The van der Waals surface area contributed by atoms with Gasteiger partial charge in [0.05, 0.1) is 0 Å². The molecule has 1 N–H and O–H groups in total. The number of carbonyl (C=O) groups excluding carboxylic acids is 1. The van der Waals surface area contributed by atoms with Crippen LogP contribution in [0.15, 0.2) is 53.3 Å². The molecule has 3 rings (SSSR count). The number of aryl methyl sites for hydroxylation is 2. The predicted octanol–water partition coefficient (Wildman–Crippen LogP) is 3.61. The van der Waals surface area contributed by atoms with Crippen molar-refractivity contribution >= 4 is 11.6 Å². The molecule has 0 aliphatic heterocycles. The molecule has 0 spiro atoms. The molecule has 1 amide bonds. The molecule has 0 fully saturated rings. The van der Waals surface area contributed by atoms with E-state index in [4.69, 9.17) is 4.52 Å². The molecule has 0 atom stereocenters. The summed E-state index contributed by atoms with van der Waals surface area (Å²) in [7, 11) is 0. The van der Waals surface area contributed by atoms with Gasteiger partial charge in [-0.25, -0.2) is 0 Å². The largest absolute Gasteiger partial charge is 0.355 e. The van der Waals surface area contributed by atoms with E-state index in [0.29, 0.717) is 5.76 Å². The molecule has 0 aliphatic rings. The summed E-state index contributed by atoms with van der Waals surface area (Å²) in [5.74, 6) is 0.211. The number of hydrogen-bond donors (Lipinski definition) is 1. The number of nitrogens with zero attached hydrogens (tertiary/aromatic N) is 2. The molecule has 2 heterocycles. The lowest BCUT2D eigenvalue weighted by Gasteiger charge is -2.05.